The lowest BCUT2D eigenvalue weighted by Crippen LogP contribution is -2.61. The molecule has 106 heavy (non-hydrogen) atoms. The Morgan fingerprint density at radius 2 is 1.09 bits per heavy atom. The number of aliphatic hydroxyl groups is 4. The average Bonchev–Trinajstić information content (AvgIpc) is 0.816. The maximum Gasteiger partial charge on any atom is 0.326 e. The lowest BCUT2D eigenvalue weighted by Gasteiger charge is -2.35. The summed E-state index contributed by atoms with van der Waals surface area (Å²) < 4.78 is 5.68. The van der Waals surface area contributed by atoms with Crippen LogP contribution in [0.25, 0.3) is 0 Å². The molecular weight excluding hydrogens is 1390 g/mol. The van der Waals surface area contributed by atoms with Gasteiger partial charge in [0.05, 0.1) is 24.2 Å². The van der Waals surface area contributed by atoms with Crippen molar-refractivity contribution in [3.63, 3.8) is 0 Å². The van der Waals surface area contributed by atoms with Crippen molar-refractivity contribution in [2.45, 2.75) is 219 Å². The number of aliphatic carboxylic acids is 1. The fourth-order valence-electron chi connectivity index (χ4n) is 11.2. The highest BCUT2D eigenvalue weighted by Gasteiger charge is 2.43. The molecule has 18 atom stereocenters. The van der Waals surface area contributed by atoms with Crippen LogP contribution in [0.2, 0.25) is 0 Å². The number of nitrogens with one attached hydrogen (secondary N) is 8. The molecule has 0 spiro atoms. The van der Waals surface area contributed by atoms with Crippen molar-refractivity contribution in [1.29, 1.82) is 0 Å². The largest absolute Gasteiger partial charge is 0.508 e. The lowest BCUT2D eigenvalue weighted by molar-refractivity contribution is -0.152. The summed E-state index contributed by atoms with van der Waals surface area (Å²) in [5.41, 5.74) is 32.8. The number of nitrogens with two attached hydrogens (primary N) is 6. The highest BCUT2D eigenvalue weighted by atomic mass is 16.5. The molecule has 1 aromatic carbocycles. The summed E-state index contributed by atoms with van der Waals surface area (Å²) in [5, 5.41) is 84.4. The number of carbonyl (C=O) groups excluding carboxylic acids is 12. The normalized spacial score (nSPS) is 16.6. The number of phenolic OH excluding ortho intramolecular Hbond substituents is 1. The van der Waals surface area contributed by atoms with Crippen LogP contribution in [0.4, 0.5) is 0 Å². The standard InChI is InChI=1S/C68H116N18O20/c1-16-42(78-61(99)48(34(7)35(8)55(70)93)82-63(101)53(92)52(91)43(19-17-27-75-67(71)72)79-57(95)37(10)77-56(94)36(9)51(90)33(6)29-31(2)3)58(96)83-49(39(12)87)62(100)80-44(20-18-28-76-68(73)74)59(97)81-45(30-32(4)5)64(102)86(14)46(25-26-47(69)89)60(98)84-50(65(103)85(13)38(11)66(104)105)54(106-15)40-21-23-41(88)24-22-40/h16,21-24,31-39,43-46,48-54,87-88,90-92H,17-20,25-30H2,1-15H3,(H2,69,89)(H2,70,93)(H,77,94)(H,78,99)(H,79,95)(H,80,100)(H,81,97)(H,82,101)(H,83,96)(H,84,98)(H,104,105)(H4,71,72,75)(H4,73,74,76)/b42-16-/t33-,34+,35-,36-,37-,38+,39-,43+,44-,45+,46+,48+,49-,50-,51-,52-,53-,54-/m1/s1. The number of hydrogen-bond acceptors (Lipinski definition) is 21. The number of amides is 12. The zero-order valence-corrected chi connectivity index (χ0v) is 63.2. The Morgan fingerprint density at radius 3 is 1.58 bits per heavy atom. The van der Waals surface area contributed by atoms with Crippen LogP contribution in [0.5, 0.6) is 5.75 Å². The van der Waals surface area contributed by atoms with Gasteiger partial charge in [-0.1, -0.05) is 73.6 Å². The van der Waals surface area contributed by atoms with Crippen LogP contribution >= 0.6 is 0 Å². The number of methoxy groups -OCH3 is 1. The van der Waals surface area contributed by atoms with Gasteiger partial charge in [-0.25, -0.2) is 4.79 Å². The first kappa shape index (κ1) is 94.2. The average molecular weight is 1510 g/mol. The minimum absolute atomic E-state index is 0.0366. The number of benzene rings is 1. The molecule has 0 heterocycles. The zero-order valence-electron chi connectivity index (χ0n) is 63.2. The van der Waals surface area contributed by atoms with Gasteiger partial charge < -0.3 is 122 Å². The lowest BCUT2D eigenvalue weighted by atomic mass is 9.87. The molecule has 38 nitrogen and oxygen atoms in total. The van der Waals surface area contributed by atoms with Gasteiger partial charge in [0.25, 0.3) is 11.8 Å². The summed E-state index contributed by atoms with van der Waals surface area (Å²) in [7, 11) is 3.53. The van der Waals surface area contributed by atoms with Gasteiger partial charge in [-0.15, -0.1) is 0 Å². The van der Waals surface area contributed by atoms with Gasteiger partial charge in [0, 0.05) is 46.6 Å². The summed E-state index contributed by atoms with van der Waals surface area (Å²) in [6, 6.07) is -9.35. The quantitative estimate of drug-likeness (QED) is 0.0126. The molecule has 0 aliphatic carbocycles. The molecule has 0 aliphatic heterocycles. The maximum atomic E-state index is 14.9. The smallest absolute Gasteiger partial charge is 0.326 e. The molecule has 1 rings (SSSR count). The van der Waals surface area contributed by atoms with E-state index in [0.717, 1.165) is 29.8 Å². The number of guanidine groups is 2. The molecule has 0 aromatic heterocycles. The molecule has 0 saturated heterocycles. The van der Waals surface area contributed by atoms with Gasteiger partial charge >= 0.3 is 5.97 Å². The number of phenols is 1. The molecule has 1 aromatic rings. The van der Waals surface area contributed by atoms with E-state index in [1.165, 1.54) is 80.0 Å². The molecule has 598 valence electrons. The molecular formula is C68H116N18O20. The van der Waals surface area contributed by atoms with Crippen molar-refractivity contribution in [1.82, 2.24) is 52.3 Å². The summed E-state index contributed by atoms with van der Waals surface area (Å²) in [4.78, 5) is 189. The van der Waals surface area contributed by atoms with Crippen LogP contribution in [0, 0.1) is 35.5 Å². The Balaban J connectivity index is 3.78. The van der Waals surface area contributed by atoms with Gasteiger partial charge in [-0.05, 0) is 114 Å². The second kappa shape index (κ2) is 45.5. The van der Waals surface area contributed by atoms with Crippen LogP contribution in [0.3, 0.4) is 0 Å². The number of aliphatic hydroxyl groups excluding tert-OH is 4. The summed E-state index contributed by atoms with van der Waals surface area (Å²) >= 11 is 0. The molecule has 38 heteroatoms. The number of likely N-dealkylation sites (N-methyl/N-ethyl adjacent to an activating group) is 2. The zero-order chi connectivity index (χ0) is 81.5. The van der Waals surface area contributed by atoms with E-state index in [0.29, 0.717) is 6.42 Å². The highest BCUT2D eigenvalue weighted by molar-refractivity contribution is 6.03. The first-order chi connectivity index (χ1) is 49.3. The maximum absolute atomic E-state index is 14.9. The Morgan fingerprint density at radius 1 is 0.557 bits per heavy atom. The van der Waals surface area contributed by atoms with Crippen LogP contribution in [0.1, 0.15) is 146 Å². The van der Waals surface area contributed by atoms with E-state index in [2.05, 4.69) is 52.5 Å². The number of allylic oxidation sites excluding steroid dienone is 1. The first-order valence-corrected chi connectivity index (χ1v) is 34.8. The first-order valence-electron chi connectivity index (χ1n) is 34.8. The minimum atomic E-state index is -2.47. The number of carboxylic acids is 1. The number of carbonyl (C=O) groups is 13. The van der Waals surface area contributed by atoms with Crippen molar-refractivity contribution in [3.05, 3.63) is 41.6 Å². The van der Waals surface area contributed by atoms with Crippen molar-refractivity contribution >= 4 is 88.8 Å². The predicted octanol–water partition coefficient (Wildman–Crippen LogP) is -4.77. The van der Waals surface area contributed by atoms with Crippen molar-refractivity contribution in [3.8, 4) is 5.75 Å². The number of rotatable bonds is 47. The molecule has 0 saturated carbocycles. The predicted molar refractivity (Wildman–Crippen MR) is 388 cm³/mol. The van der Waals surface area contributed by atoms with E-state index in [1.807, 2.05) is 13.8 Å². The third kappa shape index (κ3) is 30.7. The molecule has 0 radical (unpaired) electrons. The van der Waals surface area contributed by atoms with E-state index in [-0.39, 0.29) is 80.3 Å². The Kier molecular flexibility index (Phi) is 40.5. The van der Waals surface area contributed by atoms with Crippen LogP contribution < -0.4 is 76.9 Å². The van der Waals surface area contributed by atoms with Crippen LogP contribution in [0.15, 0.2) is 46.0 Å². The Hall–Kier alpha value is -9.79. The van der Waals surface area contributed by atoms with Crippen LogP contribution in [-0.4, -0.2) is 242 Å². The summed E-state index contributed by atoms with van der Waals surface area (Å²) in [6.07, 6.45) is -8.83. The molecule has 12 amide bonds. The summed E-state index contributed by atoms with van der Waals surface area (Å²) in [6.45, 7) is 17.9. The molecule has 26 N–H and O–H groups in total. The number of hydrogen-bond donors (Lipinski definition) is 20. The van der Waals surface area contributed by atoms with E-state index >= 15 is 0 Å². The second-order valence-electron chi connectivity index (χ2n) is 27.4. The van der Waals surface area contributed by atoms with E-state index in [4.69, 9.17) is 39.1 Å². The topological polar surface area (TPSA) is 636 Å². The fourth-order valence-corrected chi connectivity index (χ4v) is 11.2. The second-order valence-corrected chi connectivity index (χ2v) is 27.4. The van der Waals surface area contributed by atoms with Crippen LogP contribution in [-0.2, 0) is 67.1 Å². The molecule has 0 fully saturated rings. The number of primary amides is 2. The number of aromatic hydroxyl groups is 1. The fraction of sp³-hybridized carbons (Fsp3) is 0.662. The van der Waals surface area contributed by atoms with Gasteiger partial charge in [0.1, 0.15) is 72.0 Å². The summed E-state index contributed by atoms with van der Waals surface area (Å²) in [5.74, 6) is -18.8. The van der Waals surface area contributed by atoms with E-state index in [1.54, 1.807) is 20.8 Å². The monoisotopic (exact) mass is 1500 g/mol. The van der Waals surface area contributed by atoms with Crippen molar-refractivity contribution in [2.75, 3.05) is 34.3 Å². The van der Waals surface area contributed by atoms with Gasteiger partial charge in [-0.2, -0.15) is 0 Å². The third-order valence-corrected chi connectivity index (χ3v) is 17.9. The number of carboxylic acid groups (broad SMARTS) is 1. The number of nitrogens with zero attached hydrogens (tertiary/aromatic N) is 4. The van der Waals surface area contributed by atoms with E-state index < -0.39 is 204 Å². The van der Waals surface area contributed by atoms with Gasteiger partial charge in [0.2, 0.25) is 59.1 Å². The van der Waals surface area contributed by atoms with Gasteiger partial charge in [-0.3, -0.25) is 67.5 Å². The molecule has 0 bridgehead atoms. The molecule has 0 unspecified atom stereocenters. The van der Waals surface area contributed by atoms with Crippen molar-refractivity contribution in [2.24, 2.45) is 79.9 Å². The van der Waals surface area contributed by atoms with Gasteiger partial charge in [0.15, 0.2) is 18.0 Å². The minimum Gasteiger partial charge on any atom is -0.508 e. The number of ether oxygens (including phenoxy) is 1. The number of aliphatic imine (C=N–C) groups is 2. The van der Waals surface area contributed by atoms with E-state index in [9.17, 15) is 93.0 Å². The Labute approximate surface area is 617 Å². The Bertz CT molecular complexity index is 3240. The van der Waals surface area contributed by atoms with Crippen molar-refractivity contribution < 1.29 is 97.7 Å². The SMILES string of the molecule is C/C=C(\NC(=O)[C@@H](NC(=O)[C@H](O)[C@H](O)[C@H](CCCN=C(N)N)NC(=O)[C@@H](C)NC(=O)[C@H](C)[C@H](O)[C@H](C)CC(C)C)[C@@H](C)[C@@H](C)C(N)=O)C(=O)N[C@@H](C(=O)N[C@H](CCCN=C(N)N)C(=O)N[C@@H](CC(C)C)C(=O)N(C)[C@@H](CCC(N)=O)C(=O)N[C@@H](C(=O)N(C)[C@@H](C)C(=O)O)[C@H](OC)c1ccc(O)cc1)[C@@H](C)O. The molecule has 0 aliphatic rings. The third-order valence-electron chi connectivity index (χ3n) is 17.9. The highest BCUT2D eigenvalue weighted by Crippen LogP contribution is 2.27.